The lowest BCUT2D eigenvalue weighted by Crippen LogP contribution is -2.48. The van der Waals surface area contributed by atoms with Crippen molar-refractivity contribution in [3.63, 3.8) is 0 Å². The van der Waals surface area contributed by atoms with Gasteiger partial charge in [0.25, 0.3) is 5.91 Å². The molecule has 1 fully saturated rings. The molecule has 2 heterocycles. The van der Waals surface area contributed by atoms with Gasteiger partial charge in [0.05, 0.1) is 34.5 Å². The summed E-state index contributed by atoms with van der Waals surface area (Å²) in [5, 5.41) is 12.8. The highest BCUT2D eigenvalue weighted by molar-refractivity contribution is 5.98. The first-order valence-electron chi connectivity index (χ1n) is 12.8. The summed E-state index contributed by atoms with van der Waals surface area (Å²) in [4.78, 5) is 30.0. The maximum absolute atomic E-state index is 13.2. The van der Waals surface area contributed by atoms with E-state index in [9.17, 15) is 14.7 Å². The van der Waals surface area contributed by atoms with Crippen molar-refractivity contribution < 1.29 is 47.9 Å². The number of hydrogen-bond acceptors (Lipinski definition) is 11. The van der Waals surface area contributed by atoms with Gasteiger partial charge in [-0.3, -0.25) is 4.79 Å². The zero-order valence-corrected chi connectivity index (χ0v) is 23.1. The maximum Gasteiger partial charge on any atom is 0.331 e. The standard InChI is InChI=1S/C29H32N2O10/c1-17-27(41-21-11-7-19(36-3)8-12-21)24(40-20-9-5-18(35-2)6-10-20)16-38-15-22(29(34)39-17)31-28(33)25-26(32)23(37-4)13-14-30-25/h5-14,17,22,24,27,32H,15-16H2,1-4H3,(H,31,33). The van der Waals surface area contributed by atoms with Crippen LogP contribution in [0, 0.1) is 0 Å². The van der Waals surface area contributed by atoms with Crippen LogP contribution in [0.4, 0.5) is 0 Å². The monoisotopic (exact) mass is 568 g/mol. The van der Waals surface area contributed by atoms with E-state index in [1.165, 1.54) is 19.4 Å². The van der Waals surface area contributed by atoms with Crippen molar-refractivity contribution in [3.8, 4) is 34.5 Å². The number of aromatic hydroxyl groups is 1. The minimum absolute atomic E-state index is 0.0111. The lowest BCUT2D eigenvalue weighted by molar-refractivity contribution is -0.156. The van der Waals surface area contributed by atoms with Crippen molar-refractivity contribution in [3.05, 3.63) is 66.5 Å². The first kappa shape index (κ1) is 29.3. The second-order valence-corrected chi connectivity index (χ2v) is 9.01. The van der Waals surface area contributed by atoms with Crippen LogP contribution >= 0.6 is 0 Å². The van der Waals surface area contributed by atoms with Crippen LogP contribution in [-0.4, -0.2) is 80.9 Å². The van der Waals surface area contributed by atoms with Gasteiger partial charge in [-0.25, -0.2) is 9.78 Å². The Hall–Kier alpha value is -4.71. The van der Waals surface area contributed by atoms with Gasteiger partial charge in [-0.1, -0.05) is 0 Å². The molecule has 0 spiro atoms. The summed E-state index contributed by atoms with van der Waals surface area (Å²) in [6, 6.07) is 14.1. The zero-order chi connectivity index (χ0) is 29.4. The molecule has 1 amide bonds. The molecule has 0 aliphatic carbocycles. The van der Waals surface area contributed by atoms with Gasteiger partial charge in [0.15, 0.2) is 35.4 Å². The van der Waals surface area contributed by atoms with Gasteiger partial charge in [0, 0.05) is 12.3 Å². The third-order valence-corrected chi connectivity index (χ3v) is 6.29. The molecule has 12 heteroatoms. The topological polar surface area (TPSA) is 144 Å². The normalized spacial score (nSPS) is 20.8. The van der Waals surface area contributed by atoms with Crippen LogP contribution in [0.2, 0.25) is 0 Å². The Morgan fingerprint density at radius 2 is 1.46 bits per heavy atom. The van der Waals surface area contributed by atoms with Gasteiger partial charge in [0.2, 0.25) is 0 Å². The molecule has 1 aromatic heterocycles. The number of carbonyl (C=O) groups is 2. The molecule has 1 saturated heterocycles. The van der Waals surface area contributed by atoms with Crippen LogP contribution in [0.1, 0.15) is 17.4 Å². The molecule has 218 valence electrons. The van der Waals surface area contributed by atoms with Crippen LogP contribution in [0.25, 0.3) is 0 Å². The molecule has 12 nitrogen and oxygen atoms in total. The number of methoxy groups -OCH3 is 3. The lowest BCUT2D eigenvalue weighted by Gasteiger charge is -2.31. The van der Waals surface area contributed by atoms with Crippen LogP contribution in [0.3, 0.4) is 0 Å². The largest absolute Gasteiger partial charge is 0.503 e. The van der Waals surface area contributed by atoms with Gasteiger partial charge in [-0.2, -0.15) is 0 Å². The summed E-state index contributed by atoms with van der Waals surface area (Å²) < 4.78 is 39.6. The SMILES string of the molecule is COc1ccc(OC2COCC(NC(=O)c3nccc(OC)c3O)C(=O)OC(C)C2Oc2ccc(OC)cc2)cc1. The smallest absolute Gasteiger partial charge is 0.331 e. The molecule has 0 bridgehead atoms. The van der Waals surface area contributed by atoms with Crippen LogP contribution in [0.5, 0.6) is 34.5 Å². The number of pyridine rings is 1. The second kappa shape index (κ2) is 13.6. The van der Waals surface area contributed by atoms with Gasteiger partial charge in [-0.15, -0.1) is 0 Å². The molecule has 3 aromatic rings. The first-order chi connectivity index (χ1) is 19.8. The molecule has 41 heavy (non-hydrogen) atoms. The number of amides is 1. The van der Waals surface area contributed by atoms with Gasteiger partial charge >= 0.3 is 5.97 Å². The van der Waals surface area contributed by atoms with E-state index in [-0.39, 0.29) is 24.7 Å². The molecule has 4 rings (SSSR count). The third kappa shape index (κ3) is 7.28. The van der Waals surface area contributed by atoms with Gasteiger partial charge in [-0.05, 0) is 55.5 Å². The molecule has 4 unspecified atom stereocenters. The van der Waals surface area contributed by atoms with E-state index in [0.717, 1.165) is 0 Å². The van der Waals surface area contributed by atoms with Crippen molar-refractivity contribution in [1.29, 1.82) is 0 Å². The number of rotatable bonds is 9. The van der Waals surface area contributed by atoms with Gasteiger partial charge < -0.3 is 43.6 Å². The fraction of sp³-hybridized carbons (Fsp3) is 0.345. The Kier molecular flexibility index (Phi) is 9.69. The number of hydrogen-bond donors (Lipinski definition) is 2. The minimum Gasteiger partial charge on any atom is -0.503 e. The molecule has 2 aromatic carbocycles. The van der Waals surface area contributed by atoms with Crippen LogP contribution in [0.15, 0.2) is 60.8 Å². The van der Waals surface area contributed by atoms with E-state index in [0.29, 0.717) is 23.0 Å². The van der Waals surface area contributed by atoms with Crippen molar-refractivity contribution in [2.75, 3.05) is 34.5 Å². The Morgan fingerprint density at radius 1 is 0.878 bits per heavy atom. The average Bonchev–Trinajstić information content (AvgIpc) is 3.03. The Labute approximate surface area is 237 Å². The molecule has 0 saturated carbocycles. The number of nitrogens with zero attached hydrogens (tertiary/aromatic N) is 1. The molecular weight excluding hydrogens is 536 g/mol. The fourth-order valence-corrected chi connectivity index (χ4v) is 4.11. The molecule has 1 aliphatic heterocycles. The summed E-state index contributed by atoms with van der Waals surface area (Å²) in [5.41, 5.74) is -0.313. The number of aromatic nitrogens is 1. The maximum atomic E-state index is 13.2. The van der Waals surface area contributed by atoms with Crippen LogP contribution in [-0.2, 0) is 14.3 Å². The highest BCUT2D eigenvalue weighted by Gasteiger charge is 2.38. The summed E-state index contributed by atoms with van der Waals surface area (Å²) in [6.45, 7) is 1.42. The Morgan fingerprint density at radius 3 is 2.05 bits per heavy atom. The molecule has 1 aliphatic rings. The van der Waals surface area contributed by atoms with Crippen molar-refractivity contribution >= 4 is 11.9 Å². The highest BCUT2D eigenvalue weighted by atomic mass is 16.6. The number of nitrogens with one attached hydrogen (secondary N) is 1. The molecule has 0 radical (unpaired) electrons. The second-order valence-electron chi connectivity index (χ2n) is 9.01. The molecule has 2 N–H and O–H groups in total. The number of esters is 1. The molecular formula is C29H32N2O10. The van der Waals surface area contributed by atoms with Crippen LogP contribution < -0.4 is 29.0 Å². The Bertz CT molecular complexity index is 1320. The number of ether oxygens (including phenoxy) is 7. The van der Waals surface area contributed by atoms with Crippen molar-refractivity contribution in [2.24, 2.45) is 0 Å². The van der Waals surface area contributed by atoms with Gasteiger partial charge in [0.1, 0.15) is 29.1 Å². The quantitative estimate of drug-likeness (QED) is 0.368. The summed E-state index contributed by atoms with van der Waals surface area (Å²) >= 11 is 0. The fourth-order valence-electron chi connectivity index (χ4n) is 4.11. The summed E-state index contributed by atoms with van der Waals surface area (Å²) in [6.07, 6.45) is -1.08. The molecule has 4 atom stereocenters. The van der Waals surface area contributed by atoms with Crippen molar-refractivity contribution in [1.82, 2.24) is 10.3 Å². The lowest BCUT2D eigenvalue weighted by atomic mass is 10.1. The zero-order valence-electron chi connectivity index (χ0n) is 23.1. The van der Waals surface area contributed by atoms with E-state index < -0.39 is 42.0 Å². The van der Waals surface area contributed by atoms with E-state index >= 15 is 0 Å². The summed E-state index contributed by atoms with van der Waals surface area (Å²) in [5.74, 6) is 0.346. The predicted octanol–water partition coefficient (Wildman–Crippen LogP) is 2.77. The van der Waals surface area contributed by atoms with E-state index in [4.69, 9.17) is 33.2 Å². The van der Waals surface area contributed by atoms with Crippen molar-refractivity contribution in [2.45, 2.75) is 31.3 Å². The number of benzene rings is 2. The first-order valence-corrected chi connectivity index (χ1v) is 12.8. The Balaban J connectivity index is 1.56. The van der Waals surface area contributed by atoms with E-state index in [2.05, 4.69) is 10.3 Å². The third-order valence-electron chi connectivity index (χ3n) is 6.29. The number of cyclic esters (lactones) is 1. The highest BCUT2D eigenvalue weighted by Crippen LogP contribution is 2.28. The predicted molar refractivity (Wildman–Crippen MR) is 145 cm³/mol. The minimum atomic E-state index is -1.21. The van der Waals surface area contributed by atoms with E-state index in [1.54, 1.807) is 69.7 Å². The summed E-state index contributed by atoms with van der Waals surface area (Å²) in [7, 11) is 4.47. The average molecular weight is 569 g/mol. The van der Waals surface area contributed by atoms with E-state index in [1.807, 2.05) is 0 Å². The number of carbonyl (C=O) groups excluding carboxylic acids is 2.